The smallest absolute Gasteiger partial charge is 0.242 e. The summed E-state index contributed by atoms with van der Waals surface area (Å²) in [6.07, 6.45) is 2.12. The molecule has 1 aliphatic rings. The largest absolute Gasteiger partial charge is 0.327 e. The standard InChI is InChI=1S/C22H26ClFN4O2S/c1-4-28-21-11-10-16(31(29,30)26(2)3)12-20(21)25-22(28)14-27(15-8-9-15)13-17-18(23)6-5-7-19(17)24/h5-7,10-12,15H,4,8-9,13-14H2,1-3H3. The van der Waals surface area contributed by atoms with E-state index in [0.29, 0.717) is 41.8 Å². The second-order valence-electron chi connectivity index (χ2n) is 8.05. The average molecular weight is 465 g/mol. The minimum atomic E-state index is -3.54. The molecule has 1 fully saturated rings. The van der Waals surface area contributed by atoms with E-state index >= 15 is 0 Å². The van der Waals surface area contributed by atoms with Gasteiger partial charge in [-0.3, -0.25) is 4.90 Å². The van der Waals surface area contributed by atoms with Gasteiger partial charge in [0.05, 0.1) is 22.5 Å². The molecule has 0 atom stereocenters. The Morgan fingerprint density at radius 1 is 1.19 bits per heavy atom. The third-order valence-electron chi connectivity index (χ3n) is 5.72. The lowest BCUT2D eigenvalue weighted by Gasteiger charge is -2.23. The summed E-state index contributed by atoms with van der Waals surface area (Å²) in [6, 6.07) is 10.2. The molecule has 3 aromatic rings. The molecule has 0 N–H and O–H groups in total. The van der Waals surface area contributed by atoms with E-state index in [-0.39, 0.29) is 10.7 Å². The number of aromatic nitrogens is 2. The van der Waals surface area contributed by atoms with E-state index in [1.165, 1.54) is 24.5 Å². The van der Waals surface area contributed by atoms with Crippen molar-refractivity contribution < 1.29 is 12.8 Å². The summed E-state index contributed by atoms with van der Waals surface area (Å²) in [7, 11) is -0.516. The van der Waals surface area contributed by atoms with E-state index in [2.05, 4.69) is 9.47 Å². The fraction of sp³-hybridized carbons (Fsp3) is 0.409. The molecule has 9 heteroatoms. The van der Waals surface area contributed by atoms with Crippen LogP contribution in [0.2, 0.25) is 5.02 Å². The topological polar surface area (TPSA) is 58.4 Å². The number of hydrogen-bond acceptors (Lipinski definition) is 4. The number of fused-ring (bicyclic) bond motifs is 1. The first-order valence-corrected chi connectivity index (χ1v) is 12.1. The monoisotopic (exact) mass is 464 g/mol. The maximum Gasteiger partial charge on any atom is 0.242 e. The van der Waals surface area contributed by atoms with Crippen LogP contribution in [0.5, 0.6) is 0 Å². The lowest BCUT2D eigenvalue weighted by molar-refractivity contribution is 0.233. The molecule has 0 radical (unpaired) electrons. The maximum absolute atomic E-state index is 14.4. The number of nitrogens with zero attached hydrogens (tertiary/aromatic N) is 4. The summed E-state index contributed by atoms with van der Waals surface area (Å²) in [5.74, 6) is 0.525. The first-order chi connectivity index (χ1) is 14.7. The highest BCUT2D eigenvalue weighted by molar-refractivity contribution is 7.89. The highest BCUT2D eigenvalue weighted by atomic mass is 35.5. The van der Waals surface area contributed by atoms with Crippen molar-refractivity contribution in [3.05, 3.63) is 58.6 Å². The van der Waals surface area contributed by atoms with Gasteiger partial charge in [0.25, 0.3) is 0 Å². The van der Waals surface area contributed by atoms with E-state index in [9.17, 15) is 12.8 Å². The maximum atomic E-state index is 14.4. The second-order valence-corrected chi connectivity index (χ2v) is 10.6. The molecule has 0 aliphatic heterocycles. The van der Waals surface area contributed by atoms with E-state index < -0.39 is 10.0 Å². The van der Waals surface area contributed by atoms with E-state index in [1.54, 1.807) is 30.3 Å². The Morgan fingerprint density at radius 3 is 2.55 bits per heavy atom. The van der Waals surface area contributed by atoms with Crippen molar-refractivity contribution in [2.24, 2.45) is 0 Å². The van der Waals surface area contributed by atoms with Gasteiger partial charge in [-0.2, -0.15) is 0 Å². The Labute approximate surface area is 187 Å². The second kappa shape index (κ2) is 8.50. The predicted molar refractivity (Wildman–Crippen MR) is 120 cm³/mol. The molecule has 6 nitrogen and oxygen atoms in total. The van der Waals surface area contributed by atoms with Crippen LogP contribution < -0.4 is 0 Å². The predicted octanol–water partition coefficient (Wildman–Crippen LogP) is 4.26. The number of sulfonamides is 1. The van der Waals surface area contributed by atoms with Crippen LogP contribution in [0.1, 0.15) is 31.2 Å². The quantitative estimate of drug-likeness (QED) is 0.499. The normalized spacial score (nSPS) is 14.8. The summed E-state index contributed by atoms with van der Waals surface area (Å²) in [5, 5.41) is 0.424. The van der Waals surface area contributed by atoms with Crippen LogP contribution in [-0.4, -0.2) is 47.3 Å². The van der Waals surface area contributed by atoms with Crippen LogP contribution in [0.25, 0.3) is 11.0 Å². The van der Waals surface area contributed by atoms with Gasteiger partial charge in [-0.15, -0.1) is 0 Å². The molecule has 1 heterocycles. The van der Waals surface area contributed by atoms with Gasteiger partial charge < -0.3 is 4.57 Å². The number of halogens is 2. The average Bonchev–Trinajstić information content (AvgIpc) is 3.50. The lowest BCUT2D eigenvalue weighted by Crippen LogP contribution is -2.27. The molecule has 0 saturated heterocycles. The lowest BCUT2D eigenvalue weighted by atomic mass is 10.2. The van der Waals surface area contributed by atoms with Crippen molar-refractivity contribution in [3.8, 4) is 0 Å². The van der Waals surface area contributed by atoms with Crippen molar-refractivity contribution in [3.63, 3.8) is 0 Å². The fourth-order valence-corrected chi connectivity index (χ4v) is 4.97. The molecule has 2 aromatic carbocycles. The minimum absolute atomic E-state index is 0.217. The summed E-state index contributed by atoms with van der Waals surface area (Å²) in [4.78, 5) is 7.19. The zero-order valence-electron chi connectivity index (χ0n) is 17.8. The minimum Gasteiger partial charge on any atom is -0.327 e. The number of benzene rings is 2. The van der Waals surface area contributed by atoms with Gasteiger partial charge >= 0.3 is 0 Å². The molecular weight excluding hydrogens is 439 g/mol. The third kappa shape index (κ3) is 4.35. The van der Waals surface area contributed by atoms with Gasteiger partial charge in [-0.25, -0.2) is 22.1 Å². The van der Waals surface area contributed by atoms with Crippen LogP contribution in [0.4, 0.5) is 4.39 Å². The zero-order valence-corrected chi connectivity index (χ0v) is 19.4. The van der Waals surface area contributed by atoms with Gasteiger partial charge in [0.15, 0.2) is 0 Å². The number of rotatable bonds is 8. The number of aryl methyl sites for hydroxylation is 1. The summed E-state index contributed by atoms with van der Waals surface area (Å²) in [6.45, 7) is 3.67. The van der Waals surface area contributed by atoms with Crippen LogP contribution >= 0.6 is 11.6 Å². The number of imidazole rings is 1. The van der Waals surface area contributed by atoms with E-state index in [4.69, 9.17) is 16.6 Å². The molecule has 0 unspecified atom stereocenters. The van der Waals surface area contributed by atoms with Crippen molar-refractivity contribution in [2.75, 3.05) is 14.1 Å². The highest BCUT2D eigenvalue weighted by Gasteiger charge is 2.31. The molecule has 166 valence electrons. The first-order valence-electron chi connectivity index (χ1n) is 10.3. The van der Waals surface area contributed by atoms with Crippen LogP contribution in [0, 0.1) is 5.82 Å². The van der Waals surface area contributed by atoms with Crippen molar-refractivity contribution >= 4 is 32.7 Å². The molecule has 1 aromatic heterocycles. The molecule has 0 amide bonds. The Hall–Kier alpha value is -2.00. The number of hydrogen-bond donors (Lipinski definition) is 0. The molecule has 1 saturated carbocycles. The fourth-order valence-electron chi connectivity index (χ4n) is 3.83. The van der Waals surface area contributed by atoms with Crippen LogP contribution in [0.15, 0.2) is 41.3 Å². The van der Waals surface area contributed by atoms with E-state index in [1.807, 2.05) is 6.92 Å². The van der Waals surface area contributed by atoms with E-state index in [0.717, 1.165) is 24.2 Å². The molecule has 0 bridgehead atoms. The Balaban J connectivity index is 1.69. The summed E-state index contributed by atoms with van der Waals surface area (Å²) < 4.78 is 42.7. The molecular formula is C22H26ClFN4O2S. The molecule has 4 rings (SSSR count). The van der Waals surface area contributed by atoms with Crippen molar-refractivity contribution in [1.82, 2.24) is 18.8 Å². The first kappa shape index (κ1) is 22.2. The van der Waals surface area contributed by atoms with Crippen LogP contribution in [-0.2, 0) is 29.7 Å². The molecule has 31 heavy (non-hydrogen) atoms. The zero-order chi connectivity index (χ0) is 22.3. The van der Waals surface area contributed by atoms with Crippen LogP contribution in [0.3, 0.4) is 0 Å². The Kier molecular flexibility index (Phi) is 6.09. The van der Waals surface area contributed by atoms with Crippen molar-refractivity contribution in [1.29, 1.82) is 0 Å². The Morgan fingerprint density at radius 2 is 1.94 bits per heavy atom. The molecule has 1 aliphatic carbocycles. The van der Waals surface area contributed by atoms with Gasteiger partial charge in [0, 0.05) is 43.8 Å². The van der Waals surface area contributed by atoms with Crippen molar-refractivity contribution in [2.45, 2.75) is 50.3 Å². The third-order valence-corrected chi connectivity index (χ3v) is 7.89. The highest BCUT2D eigenvalue weighted by Crippen LogP contribution is 2.32. The SMILES string of the molecule is CCn1c(CN(Cc2c(F)cccc2Cl)C2CC2)nc2cc(S(=O)(=O)N(C)C)ccc21. The molecule has 0 spiro atoms. The summed E-state index contributed by atoms with van der Waals surface area (Å²) >= 11 is 6.26. The van der Waals surface area contributed by atoms with Gasteiger partial charge in [0.1, 0.15) is 11.6 Å². The summed E-state index contributed by atoms with van der Waals surface area (Å²) in [5.41, 5.74) is 2.02. The Bertz CT molecular complexity index is 1200. The van der Waals surface area contributed by atoms with Gasteiger partial charge in [0.2, 0.25) is 10.0 Å². The van der Waals surface area contributed by atoms with Gasteiger partial charge in [-0.1, -0.05) is 17.7 Å². The van der Waals surface area contributed by atoms with Gasteiger partial charge in [-0.05, 0) is 50.1 Å².